The van der Waals surface area contributed by atoms with Gasteiger partial charge in [0.15, 0.2) is 29.4 Å². The molecule has 1 heterocycles. The van der Waals surface area contributed by atoms with Gasteiger partial charge >= 0.3 is 5.97 Å². The number of fused-ring (bicyclic) bond motifs is 7. The zero-order valence-electron chi connectivity index (χ0n) is 20.4. The summed E-state index contributed by atoms with van der Waals surface area (Å²) in [5, 5.41) is 11.5. The summed E-state index contributed by atoms with van der Waals surface area (Å²) >= 11 is 0. The van der Waals surface area contributed by atoms with Crippen molar-refractivity contribution in [3.05, 3.63) is 23.8 Å². The van der Waals surface area contributed by atoms with Crippen LogP contribution in [0.15, 0.2) is 23.8 Å². The van der Waals surface area contributed by atoms with Crippen molar-refractivity contribution in [2.24, 2.45) is 22.7 Å². The van der Waals surface area contributed by atoms with Gasteiger partial charge in [0.2, 0.25) is 5.78 Å². The van der Waals surface area contributed by atoms with Gasteiger partial charge in [0, 0.05) is 23.7 Å². The molecule has 0 radical (unpaired) electrons. The van der Waals surface area contributed by atoms with Crippen molar-refractivity contribution in [2.75, 3.05) is 6.61 Å². The van der Waals surface area contributed by atoms with Crippen molar-refractivity contribution < 1.29 is 38.1 Å². The first-order chi connectivity index (χ1) is 15.7. The molecule has 7 nitrogen and oxygen atoms in total. The number of ketones is 2. The van der Waals surface area contributed by atoms with Crippen molar-refractivity contribution in [1.29, 1.82) is 0 Å². The van der Waals surface area contributed by atoms with E-state index in [1.54, 1.807) is 26.8 Å². The van der Waals surface area contributed by atoms with Crippen LogP contribution in [0.3, 0.4) is 0 Å². The van der Waals surface area contributed by atoms with Crippen molar-refractivity contribution in [3.63, 3.8) is 0 Å². The van der Waals surface area contributed by atoms with Crippen LogP contribution in [0.5, 0.6) is 0 Å². The molecule has 0 amide bonds. The fraction of sp³-hybridized carbons (Fsp3) is 0.731. The maximum Gasteiger partial charge on any atom is 0.303 e. The smallest absolute Gasteiger partial charge is 0.303 e. The van der Waals surface area contributed by atoms with Gasteiger partial charge in [0.25, 0.3) is 0 Å². The molecule has 3 unspecified atom stereocenters. The highest BCUT2D eigenvalue weighted by atomic mass is 19.1. The van der Waals surface area contributed by atoms with Gasteiger partial charge in [-0.15, -0.1) is 0 Å². The maximum atomic E-state index is 17.3. The number of carbonyl (C=O) groups excluding carboxylic acids is 3. The van der Waals surface area contributed by atoms with Gasteiger partial charge in [-0.3, -0.25) is 14.4 Å². The fourth-order valence-electron chi connectivity index (χ4n) is 8.08. The second kappa shape index (κ2) is 7.08. The molecule has 0 bridgehead atoms. The number of carbonyl (C=O) groups is 3. The standard InChI is InChI=1S/C26H33FO7/c1-14(28)32-13-20(31)26-21(33-22(2,3)34-26)11-18-17-7-6-15-10-16(29)8-9-23(15,4)25(17,27)19(30)12-24(18,26)5/h8-10,17-19,21,30H,6-7,11-13H2,1-5H3/t17?,18-,19-,21+,23?,24?,25-,26+/m0/s1. The SMILES string of the molecule is CC(=O)OCC(=O)[C@@]12OC(C)(C)O[C@@H]1C[C@H]1C3CCC4=CC(=O)C=CC4(C)[C@@]3(F)[C@@H](O)CC12C. The molecule has 34 heavy (non-hydrogen) atoms. The van der Waals surface area contributed by atoms with Gasteiger partial charge in [0.05, 0.1) is 12.2 Å². The molecule has 4 fully saturated rings. The Kier molecular flexibility index (Phi) is 4.96. The molecule has 4 aliphatic carbocycles. The van der Waals surface area contributed by atoms with Crippen molar-refractivity contribution in [1.82, 2.24) is 0 Å². The molecule has 1 saturated heterocycles. The molecule has 0 aromatic rings. The number of aliphatic hydroxyl groups excluding tert-OH is 1. The molecule has 5 aliphatic rings. The van der Waals surface area contributed by atoms with Crippen LogP contribution in [0, 0.1) is 22.7 Å². The van der Waals surface area contributed by atoms with Gasteiger partial charge in [-0.2, -0.15) is 0 Å². The largest absolute Gasteiger partial charge is 0.458 e. The van der Waals surface area contributed by atoms with E-state index in [4.69, 9.17) is 14.2 Å². The van der Waals surface area contributed by atoms with Gasteiger partial charge in [-0.1, -0.05) is 18.6 Å². The van der Waals surface area contributed by atoms with E-state index in [0.29, 0.717) is 24.8 Å². The molecule has 186 valence electrons. The van der Waals surface area contributed by atoms with Crippen LogP contribution >= 0.6 is 0 Å². The number of halogens is 1. The minimum absolute atomic E-state index is 0.0168. The Morgan fingerprint density at radius 2 is 1.94 bits per heavy atom. The highest BCUT2D eigenvalue weighted by Crippen LogP contribution is 2.72. The van der Waals surface area contributed by atoms with E-state index in [1.807, 2.05) is 6.92 Å². The van der Waals surface area contributed by atoms with E-state index in [2.05, 4.69) is 0 Å². The summed E-state index contributed by atoms with van der Waals surface area (Å²) in [6, 6.07) is 0. The van der Waals surface area contributed by atoms with Crippen LogP contribution in [0.1, 0.15) is 60.3 Å². The predicted molar refractivity (Wildman–Crippen MR) is 118 cm³/mol. The zero-order chi connectivity index (χ0) is 24.9. The van der Waals surface area contributed by atoms with Crippen LogP contribution in [-0.4, -0.2) is 58.5 Å². The summed E-state index contributed by atoms with van der Waals surface area (Å²) in [5.41, 5.74) is -4.82. The lowest BCUT2D eigenvalue weighted by Gasteiger charge is -2.62. The van der Waals surface area contributed by atoms with Crippen molar-refractivity contribution in [2.45, 2.75) is 89.6 Å². The minimum Gasteiger partial charge on any atom is -0.458 e. The molecular formula is C26H33FO7. The minimum atomic E-state index is -2.01. The number of alkyl halides is 1. The first-order valence-corrected chi connectivity index (χ1v) is 12.1. The molecule has 0 aromatic carbocycles. The lowest BCUT2D eigenvalue weighted by Crippen LogP contribution is -2.70. The molecule has 3 saturated carbocycles. The lowest BCUT2D eigenvalue weighted by atomic mass is 9.44. The van der Waals surface area contributed by atoms with Gasteiger partial charge in [0.1, 0.15) is 0 Å². The molecule has 8 atom stereocenters. The van der Waals surface area contributed by atoms with E-state index in [1.165, 1.54) is 19.1 Å². The second-order valence-corrected chi connectivity index (χ2v) is 11.5. The summed E-state index contributed by atoms with van der Waals surface area (Å²) in [7, 11) is 0. The Morgan fingerprint density at radius 1 is 1.24 bits per heavy atom. The third-order valence-corrected chi connectivity index (χ3v) is 9.45. The first-order valence-electron chi connectivity index (χ1n) is 12.1. The molecule has 0 aromatic heterocycles. The van der Waals surface area contributed by atoms with Crippen molar-refractivity contribution in [3.8, 4) is 0 Å². The number of esters is 1. The Hall–Kier alpha value is -1.90. The normalized spacial score (nSPS) is 48.3. The third-order valence-electron chi connectivity index (χ3n) is 9.45. The lowest BCUT2D eigenvalue weighted by molar-refractivity contribution is -0.246. The number of hydrogen-bond acceptors (Lipinski definition) is 7. The highest BCUT2D eigenvalue weighted by Gasteiger charge is 2.80. The van der Waals surface area contributed by atoms with Crippen molar-refractivity contribution >= 4 is 17.5 Å². The highest BCUT2D eigenvalue weighted by molar-refractivity contribution is 6.01. The Balaban J connectivity index is 1.60. The quantitative estimate of drug-likeness (QED) is 0.625. The molecule has 1 N–H and O–H groups in total. The fourth-order valence-corrected chi connectivity index (χ4v) is 8.08. The molecule has 1 aliphatic heterocycles. The number of allylic oxidation sites excluding steroid dienone is 4. The number of ether oxygens (including phenoxy) is 3. The monoisotopic (exact) mass is 476 g/mol. The second-order valence-electron chi connectivity index (χ2n) is 11.5. The summed E-state index contributed by atoms with van der Waals surface area (Å²) in [6.45, 7) is 7.86. The summed E-state index contributed by atoms with van der Waals surface area (Å²) in [6.07, 6.45) is 3.81. The summed E-state index contributed by atoms with van der Waals surface area (Å²) < 4.78 is 34.9. The number of Topliss-reactive ketones (excluding diaryl/α,β-unsaturated/α-hetero) is 1. The van der Waals surface area contributed by atoms with Crippen LogP contribution in [0.2, 0.25) is 0 Å². The summed E-state index contributed by atoms with van der Waals surface area (Å²) in [4.78, 5) is 37.1. The van der Waals surface area contributed by atoms with E-state index in [0.717, 1.165) is 0 Å². The number of aliphatic hydroxyl groups is 1. The van der Waals surface area contributed by atoms with Crippen LogP contribution < -0.4 is 0 Å². The topological polar surface area (TPSA) is 99.1 Å². The number of hydrogen-bond donors (Lipinski definition) is 1. The average molecular weight is 477 g/mol. The Bertz CT molecular complexity index is 1030. The van der Waals surface area contributed by atoms with Gasteiger partial charge in [-0.25, -0.2) is 4.39 Å². The van der Waals surface area contributed by atoms with Crippen LogP contribution in [-0.2, 0) is 28.6 Å². The number of rotatable bonds is 3. The van der Waals surface area contributed by atoms with Crippen LogP contribution in [0.4, 0.5) is 4.39 Å². The first kappa shape index (κ1) is 23.8. The van der Waals surface area contributed by atoms with E-state index < -0.39 is 64.4 Å². The zero-order valence-corrected chi connectivity index (χ0v) is 20.4. The Morgan fingerprint density at radius 3 is 2.62 bits per heavy atom. The Labute approximate surface area is 198 Å². The molecule has 5 rings (SSSR count). The van der Waals surface area contributed by atoms with Crippen LogP contribution in [0.25, 0.3) is 0 Å². The van der Waals surface area contributed by atoms with E-state index in [-0.39, 0.29) is 18.1 Å². The predicted octanol–water partition coefficient (Wildman–Crippen LogP) is 2.99. The molecule has 8 heteroatoms. The summed E-state index contributed by atoms with van der Waals surface area (Å²) in [5.74, 6) is -3.11. The average Bonchev–Trinajstić information content (AvgIpc) is 3.14. The van der Waals surface area contributed by atoms with E-state index >= 15 is 4.39 Å². The van der Waals surface area contributed by atoms with Gasteiger partial charge < -0.3 is 19.3 Å². The maximum absolute atomic E-state index is 17.3. The molecule has 0 spiro atoms. The van der Waals surface area contributed by atoms with E-state index in [9.17, 15) is 19.5 Å². The van der Waals surface area contributed by atoms with Gasteiger partial charge in [-0.05, 0) is 64.5 Å². The third kappa shape index (κ3) is 2.76. The molecular weight excluding hydrogens is 443 g/mol.